The van der Waals surface area contributed by atoms with Crippen molar-refractivity contribution in [2.24, 2.45) is 0 Å². The van der Waals surface area contributed by atoms with E-state index in [1.807, 2.05) is 0 Å². The van der Waals surface area contributed by atoms with Crippen molar-refractivity contribution >= 4 is 26.8 Å². The molecule has 1 N–H and O–H groups in total. The monoisotopic (exact) mass is 461 g/mol. The van der Waals surface area contributed by atoms with Crippen LogP contribution in [0.25, 0.3) is 10.8 Å². The first-order chi connectivity index (χ1) is 15.2. The molecule has 0 amide bonds. The summed E-state index contributed by atoms with van der Waals surface area (Å²) in [4.78, 5) is 11.0. The van der Waals surface area contributed by atoms with E-state index >= 15 is 0 Å². The van der Waals surface area contributed by atoms with Crippen molar-refractivity contribution in [3.05, 3.63) is 71.8 Å². The van der Waals surface area contributed by atoms with E-state index in [9.17, 15) is 22.0 Å². The maximum atomic E-state index is 13.8. The Bertz CT molecular complexity index is 1270. The van der Waals surface area contributed by atoms with Gasteiger partial charge in [-0.2, -0.15) is 4.31 Å². The van der Waals surface area contributed by atoms with Gasteiger partial charge in [-0.25, -0.2) is 17.2 Å². The number of ether oxygens (including phenoxy) is 1. The zero-order chi connectivity index (χ0) is 22.9. The Balaban J connectivity index is 1.52. The Labute approximate surface area is 184 Å². The lowest BCUT2D eigenvalue weighted by Gasteiger charge is -2.31. The van der Waals surface area contributed by atoms with Crippen molar-refractivity contribution < 1.29 is 31.8 Å². The van der Waals surface area contributed by atoms with Gasteiger partial charge in [0.15, 0.2) is 0 Å². The molecule has 1 saturated heterocycles. The Morgan fingerprint density at radius 1 is 1.03 bits per heavy atom. The van der Waals surface area contributed by atoms with Crippen LogP contribution in [0.3, 0.4) is 0 Å². The van der Waals surface area contributed by atoms with Crippen molar-refractivity contribution in [1.82, 2.24) is 4.31 Å². The van der Waals surface area contributed by atoms with Crippen LogP contribution in [-0.2, 0) is 21.2 Å². The van der Waals surface area contributed by atoms with Crippen molar-refractivity contribution in [3.63, 3.8) is 0 Å². The molecule has 1 fully saturated rings. The van der Waals surface area contributed by atoms with Crippen LogP contribution in [0.1, 0.15) is 18.4 Å². The molecule has 1 aliphatic heterocycles. The van der Waals surface area contributed by atoms with Gasteiger partial charge in [0.25, 0.3) is 0 Å². The zero-order valence-corrected chi connectivity index (χ0v) is 17.8. The number of hydrogen-bond donors (Lipinski definition) is 1. The summed E-state index contributed by atoms with van der Waals surface area (Å²) in [6.45, 7) is 0.370. The van der Waals surface area contributed by atoms with Crippen LogP contribution in [0.4, 0.5) is 8.78 Å². The average Bonchev–Trinajstić information content (AvgIpc) is 2.74. The van der Waals surface area contributed by atoms with Gasteiger partial charge in [0.2, 0.25) is 10.0 Å². The number of carboxylic acids is 1. The molecule has 6 nitrogen and oxygen atoms in total. The van der Waals surface area contributed by atoms with Crippen LogP contribution < -0.4 is 4.74 Å². The van der Waals surface area contributed by atoms with Crippen molar-refractivity contribution in [2.45, 2.75) is 30.3 Å². The maximum absolute atomic E-state index is 13.8. The molecule has 32 heavy (non-hydrogen) atoms. The summed E-state index contributed by atoms with van der Waals surface area (Å²) in [5.74, 6) is -1.69. The van der Waals surface area contributed by atoms with Gasteiger partial charge in [-0.05, 0) is 60.2 Å². The molecule has 0 atom stereocenters. The summed E-state index contributed by atoms with van der Waals surface area (Å²) in [6, 6.07) is 12.4. The van der Waals surface area contributed by atoms with Crippen molar-refractivity contribution in [3.8, 4) is 5.75 Å². The first-order valence-corrected chi connectivity index (χ1v) is 11.5. The average molecular weight is 461 g/mol. The third-order valence-corrected chi connectivity index (χ3v) is 7.32. The third kappa shape index (κ3) is 4.73. The molecule has 0 radical (unpaired) electrons. The quantitative estimate of drug-likeness (QED) is 0.601. The van der Waals surface area contributed by atoms with Gasteiger partial charge in [0.05, 0.1) is 11.3 Å². The standard InChI is InChI=1S/C23H21F2NO5S/c24-17-2-1-3-20(13-17)32(29,30)26-8-6-19(7-9-26)31-22-11-15(12-23(27)28)10-16-4-5-18(25)14-21(16)22/h1-5,10-11,13-14,19H,6-9,12H2,(H,27,28). The number of piperidine rings is 1. The van der Waals surface area contributed by atoms with Crippen LogP contribution in [-0.4, -0.2) is 43.0 Å². The van der Waals surface area contributed by atoms with E-state index in [0.717, 1.165) is 6.07 Å². The molecule has 0 bridgehead atoms. The Kier molecular flexibility index (Phi) is 6.12. The van der Waals surface area contributed by atoms with Crippen LogP contribution in [0.5, 0.6) is 5.75 Å². The maximum Gasteiger partial charge on any atom is 0.307 e. The molecule has 168 valence electrons. The molecular weight excluding hydrogens is 440 g/mol. The number of benzene rings is 3. The minimum Gasteiger partial charge on any atom is -0.490 e. The first-order valence-electron chi connectivity index (χ1n) is 10.1. The van der Waals surface area contributed by atoms with Gasteiger partial charge in [0, 0.05) is 18.5 Å². The molecular formula is C23H21F2NO5S. The second-order valence-electron chi connectivity index (χ2n) is 7.71. The minimum absolute atomic E-state index is 0.0975. The Hall–Kier alpha value is -3.04. The fourth-order valence-electron chi connectivity index (χ4n) is 3.88. The van der Waals surface area contributed by atoms with Crippen LogP contribution in [0.15, 0.2) is 59.5 Å². The minimum atomic E-state index is -3.82. The second-order valence-corrected chi connectivity index (χ2v) is 9.65. The summed E-state index contributed by atoms with van der Waals surface area (Å²) < 4.78 is 60.3. The lowest BCUT2D eigenvalue weighted by molar-refractivity contribution is -0.136. The summed E-state index contributed by atoms with van der Waals surface area (Å²) in [5.41, 5.74) is 0.526. The van der Waals surface area contributed by atoms with Gasteiger partial charge in [-0.1, -0.05) is 18.2 Å². The largest absolute Gasteiger partial charge is 0.490 e. The number of sulfonamides is 1. The highest BCUT2D eigenvalue weighted by atomic mass is 32.2. The number of carbonyl (C=O) groups is 1. The summed E-state index contributed by atoms with van der Waals surface area (Å²) >= 11 is 0. The number of nitrogens with zero attached hydrogens (tertiary/aromatic N) is 1. The van der Waals surface area contributed by atoms with Gasteiger partial charge >= 0.3 is 5.97 Å². The highest BCUT2D eigenvalue weighted by molar-refractivity contribution is 7.89. The summed E-state index contributed by atoms with van der Waals surface area (Å²) in [5, 5.41) is 10.3. The smallest absolute Gasteiger partial charge is 0.307 e. The molecule has 0 aromatic heterocycles. The third-order valence-electron chi connectivity index (χ3n) is 5.42. The molecule has 0 aliphatic carbocycles. The van der Waals surface area contributed by atoms with E-state index in [0.29, 0.717) is 34.9 Å². The molecule has 4 rings (SSSR count). The molecule has 1 heterocycles. The number of rotatable bonds is 6. The molecule has 9 heteroatoms. The number of fused-ring (bicyclic) bond motifs is 1. The van der Waals surface area contributed by atoms with Gasteiger partial charge in [-0.15, -0.1) is 0 Å². The lowest BCUT2D eigenvalue weighted by Crippen LogP contribution is -2.41. The van der Waals surface area contributed by atoms with Crippen LogP contribution >= 0.6 is 0 Å². The summed E-state index contributed by atoms with van der Waals surface area (Å²) in [7, 11) is -3.82. The molecule has 0 unspecified atom stereocenters. The van der Waals surface area contributed by atoms with Gasteiger partial charge in [0.1, 0.15) is 23.5 Å². The summed E-state index contributed by atoms with van der Waals surface area (Å²) in [6.07, 6.45) is 0.234. The molecule has 1 aliphatic rings. The fraction of sp³-hybridized carbons (Fsp3) is 0.261. The lowest BCUT2D eigenvalue weighted by atomic mass is 10.0. The number of carboxylic acid groups (broad SMARTS) is 1. The Morgan fingerprint density at radius 2 is 1.75 bits per heavy atom. The van der Waals surface area contributed by atoms with Crippen LogP contribution in [0.2, 0.25) is 0 Å². The normalized spacial score (nSPS) is 15.7. The molecule has 3 aromatic rings. The van der Waals surface area contributed by atoms with Crippen molar-refractivity contribution in [2.75, 3.05) is 13.1 Å². The van der Waals surface area contributed by atoms with E-state index in [-0.39, 0.29) is 30.5 Å². The topological polar surface area (TPSA) is 83.9 Å². The number of halogens is 2. The SMILES string of the molecule is O=C(O)Cc1cc(OC2CCN(S(=O)(=O)c3cccc(F)c3)CC2)c2cc(F)ccc2c1. The van der Waals surface area contributed by atoms with Crippen LogP contribution in [0, 0.1) is 11.6 Å². The highest BCUT2D eigenvalue weighted by Crippen LogP contribution is 2.32. The zero-order valence-electron chi connectivity index (χ0n) is 17.0. The second kappa shape index (κ2) is 8.84. The van der Waals surface area contributed by atoms with Gasteiger partial charge in [-0.3, -0.25) is 4.79 Å². The van der Waals surface area contributed by atoms with E-state index in [1.165, 1.54) is 34.6 Å². The van der Waals surface area contributed by atoms with Gasteiger partial charge < -0.3 is 9.84 Å². The van der Waals surface area contributed by atoms with E-state index in [2.05, 4.69) is 0 Å². The number of aliphatic carboxylic acids is 1. The number of hydrogen-bond acceptors (Lipinski definition) is 4. The fourth-order valence-corrected chi connectivity index (χ4v) is 5.38. The Morgan fingerprint density at radius 3 is 2.44 bits per heavy atom. The first kappa shape index (κ1) is 22.2. The predicted octanol–water partition coefficient (Wildman–Crippen LogP) is 3.98. The predicted molar refractivity (Wildman–Crippen MR) is 114 cm³/mol. The van der Waals surface area contributed by atoms with E-state index in [1.54, 1.807) is 18.2 Å². The molecule has 0 saturated carbocycles. The van der Waals surface area contributed by atoms with Crippen molar-refractivity contribution in [1.29, 1.82) is 0 Å². The van der Waals surface area contributed by atoms with E-state index < -0.39 is 27.6 Å². The molecule has 0 spiro atoms. The van der Waals surface area contributed by atoms with E-state index in [4.69, 9.17) is 9.84 Å². The molecule has 3 aromatic carbocycles. The highest BCUT2D eigenvalue weighted by Gasteiger charge is 2.30.